The molecule has 26 heavy (non-hydrogen) atoms. The molecule has 0 aliphatic heterocycles. The van der Waals surface area contributed by atoms with Gasteiger partial charge in [0.2, 0.25) is 0 Å². The van der Waals surface area contributed by atoms with Crippen LogP contribution in [0.25, 0.3) is 52.5 Å². The van der Waals surface area contributed by atoms with E-state index in [2.05, 4.69) is 78.9 Å². The van der Waals surface area contributed by atoms with Crippen LogP contribution < -0.4 is 5.46 Å². The zero-order valence-corrected chi connectivity index (χ0v) is 14.8. The van der Waals surface area contributed by atoms with Crippen LogP contribution >= 0.6 is 11.3 Å². The molecule has 0 atom stereocenters. The molecule has 5 aromatic carbocycles. The third-order valence-corrected chi connectivity index (χ3v) is 6.62. The van der Waals surface area contributed by atoms with Crippen LogP contribution in [0.5, 0.6) is 0 Å². The molecule has 6 aromatic rings. The Kier molecular flexibility index (Phi) is 2.81. The summed E-state index contributed by atoms with van der Waals surface area (Å²) in [6, 6.07) is 28.2. The molecule has 0 saturated carbocycles. The number of benzene rings is 5. The maximum absolute atomic E-state index is 6.53. The largest absolute Gasteiger partial charge is 0.134 e. The Labute approximate surface area is 156 Å². The van der Waals surface area contributed by atoms with E-state index < -0.39 is 0 Å². The number of fused-ring (bicyclic) bond motifs is 9. The molecule has 1 heterocycles. The molecule has 0 amide bonds. The molecule has 0 unspecified atom stereocenters. The fraction of sp³-hybridized carbons (Fsp3) is 0. The molecule has 2 heteroatoms. The van der Waals surface area contributed by atoms with Crippen molar-refractivity contribution in [2.75, 3.05) is 0 Å². The monoisotopic (exact) mass is 344 g/mol. The Morgan fingerprint density at radius 3 is 2.04 bits per heavy atom. The van der Waals surface area contributed by atoms with E-state index in [4.69, 9.17) is 7.85 Å². The van der Waals surface area contributed by atoms with Crippen molar-refractivity contribution in [1.82, 2.24) is 0 Å². The molecule has 2 radical (unpaired) electrons. The van der Waals surface area contributed by atoms with Crippen LogP contribution in [0, 0.1) is 0 Å². The van der Waals surface area contributed by atoms with Crippen LogP contribution in [0.1, 0.15) is 0 Å². The second-order valence-corrected chi connectivity index (χ2v) is 7.84. The lowest BCUT2D eigenvalue weighted by atomic mass is 9.87. The lowest BCUT2D eigenvalue weighted by Gasteiger charge is -2.08. The Hall–Kier alpha value is -2.84. The fourth-order valence-corrected chi connectivity index (χ4v) is 5.63. The van der Waals surface area contributed by atoms with Crippen LogP contribution in [0.4, 0.5) is 0 Å². The van der Waals surface area contributed by atoms with Gasteiger partial charge in [-0.15, -0.1) is 11.3 Å². The maximum atomic E-state index is 6.53. The molecule has 6 rings (SSSR count). The van der Waals surface area contributed by atoms with Crippen molar-refractivity contribution in [3.8, 4) is 0 Å². The van der Waals surface area contributed by atoms with E-state index in [0.717, 1.165) is 5.46 Å². The first-order valence-electron chi connectivity index (χ1n) is 8.75. The zero-order chi connectivity index (χ0) is 17.3. The van der Waals surface area contributed by atoms with Gasteiger partial charge < -0.3 is 0 Å². The number of thiophene rings is 1. The first-order chi connectivity index (χ1) is 12.8. The van der Waals surface area contributed by atoms with E-state index in [1.807, 2.05) is 11.3 Å². The molecule has 0 saturated heterocycles. The zero-order valence-electron chi connectivity index (χ0n) is 14.0. The molecular weight excluding hydrogens is 331 g/mol. The van der Waals surface area contributed by atoms with E-state index in [0.29, 0.717) is 0 Å². The molecule has 0 spiro atoms. The van der Waals surface area contributed by atoms with Gasteiger partial charge in [0.25, 0.3) is 0 Å². The van der Waals surface area contributed by atoms with Crippen molar-refractivity contribution in [3.05, 3.63) is 78.9 Å². The van der Waals surface area contributed by atoms with Crippen molar-refractivity contribution in [3.63, 3.8) is 0 Å². The lowest BCUT2D eigenvalue weighted by molar-refractivity contribution is 1.81. The van der Waals surface area contributed by atoms with Gasteiger partial charge >= 0.3 is 0 Å². The highest BCUT2D eigenvalue weighted by Gasteiger charge is 2.14. The average Bonchev–Trinajstić information content (AvgIpc) is 3.08. The van der Waals surface area contributed by atoms with E-state index in [-0.39, 0.29) is 0 Å². The topological polar surface area (TPSA) is 0 Å². The molecule has 0 aliphatic rings. The quantitative estimate of drug-likeness (QED) is 0.224. The van der Waals surface area contributed by atoms with E-state index in [9.17, 15) is 0 Å². The summed E-state index contributed by atoms with van der Waals surface area (Å²) in [6.07, 6.45) is 0. The van der Waals surface area contributed by atoms with E-state index in [1.165, 1.54) is 52.5 Å². The summed E-state index contributed by atoms with van der Waals surface area (Å²) < 4.78 is 2.62. The molecule has 0 nitrogen and oxygen atoms in total. The van der Waals surface area contributed by atoms with Crippen LogP contribution in [-0.2, 0) is 0 Å². The van der Waals surface area contributed by atoms with E-state index in [1.54, 1.807) is 0 Å². The fourth-order valence-electron chi connectivity index (χ4n) is 4.19. The predicted octanol–water partition coefficient (Wildman–Crippen LogP) is 6.31. The minimum Gasteiger partial charge on any atom is -0.134 e. The van der Waals surface area contributed by atoms with Gasteiger partial charge in [0.15, 0.2) is 0 Å². The highest BCUT2D eigenvalue weighted by Crippen LogP contribution is 2.42. The van der Waals surface area contributed by atoms with Gasteiger partial charge in [0.05, 0.1) is 0 Å². The Morgan fingerprint density at radius 1 is 0.538 bits per heavy atom. The maximum Gasteiger partial charge on any atom is 0.114 e. The summed E-state index contributed by atoms with van der Waals surface area (Å²) >= 11 is 1.87. The van der Waals surface area contributed by atoms with Gasteiger partial charge in [-0.3, -0.25) is 0 Å². The Balaban J connectivity index is 1.96. The first kappa shape index (κ1) is 14.3. The van der Waals surface area contributed by atoms with Crippen molar-refractivity contribution in [1.29, 1.82) is 0 Å². The number of hydrogen-bond donors (Lipinski definition) is 0. The SMILES string of the molecule is [B]c1cc2ccc3ccccc3c2c2sc3c4ccccc4ccc3c12. The van der Waals surface area contributed by atoms with Crippen molar-refractivity contribution in [2.45, 2.75) is 0 Å². The molecule has 0 fully saturated rings. The Morgan fingerprint density at radius 2 is 1.19 bits per heavy atom. The number of rotatable bonds is 0. The normalized spacial score (nSPS) is 12.0. The molecule has 1 aromatic heterocycles. The standard InChI is InChI=1S/C24H13BS/c25-20-13-16-10-9-14-5-1-3-7-17(14)21(16)24-22(20)19-12-11-15-6-2-4-8-18(15)23(19)26-24/h1-13H. The third-order valence-electron chi connectivity index (χ3n) is 5.37. The van der Waals surface area contributed by atoms with Crippen LogP contribution in [0.15, 0.2) is 78.9 Å². The van der Waals surface area contributed by atoms with Crippen molar-refractivity contribution < 1.29 is 0 Å². The highest BCUT2D eigenvalue weighted by molar-refractivity contribution is 7.28. The smallest absolute Gasteiger partial charge is 0.114 e. The molecule has 0 aliphatic carbocycles. The summed E-state index contributed by atoms with van der Waals surface area (Å²) in [5, 5.41) is 10.1. The first-order valence-corrected chi connectivity index (χ1v) is 9.57. The molecular formula is C24H13BS. The lowest BCUT2D eigenvalue weighted by Crippen LogP contribution is -2.02. The van der Waals surface area contributed by atoms with Gasteiger partial charge in [-0.2, -0.15) is 0 Å². The van der Waals surface area contributed by atoms with Gasteiger partial charge in [0.1, 0.15) is 7.85 Å². The minimum atomic E-state index is 0.865. The van der Waals surface area contributed by atoms with Crippen molar-refractivity contribution in [2.24, 2.45) is 0 Å². The summed E-state index contributed by atoms with van der Waals surface area (Å²) in [4.78, 5) is 0. The van der Waals surface area contributed by atoms with Gasteiger partial charge in [-0.05, 0) is 32.3 Å². The summed E-state index contributed by atoms with van der Waals surface area (Å²) in [7, 11) is 6.53. The second kappa shape index (κ2) is 5.09. The summed E-state index contributed by atoms with van der Waals surface area (Å²) in [6.45, 7) is 0. The van der Waals surface area contributed by atoms with Crippen LogP contribution in [0.2, 0.25) is 0 Å². The Bertz CT molecular complexity index is 1490. The summed E-state index contributed by atoms with van der Waals surface area (Å²) in [5.74, 6) is 0. The second-order valence-electron chi connectivity index (χ2n) is 6.82. The summed E-state index contributed by atoms with van der Waals surface area (Å²) in [5.41, 5.74) is 0.865. The molecule has 0 bridgehead atoms. The van der Waals surface area contributed by atoms with E-state index >= 15 is 0 Å². The van der Waals surface area contributed by atoms with Crippen LogP contribution in [-0.4, -0.2) is 7.85 Å². The highest BCUT2D eigenvalue weighted by atomic mass is 32.1. The van der Waals surface area contributed by atoms with Gasteiger partial charge in [0, 0.05) is 20.2 Å². The van der Waals surface area contributed by atoms with Crippen LogP contribution in [0.3, 0.4) is 0 Å². The van der Waals surface area contributed by atoms with Gasteiger partial charge in [-0.25, -0.2) is 0 Å². The minimum absolute atomic E-state index is 0.865. The average molecular weight is 344 g/mol. The van der Waals surface area contributed by atoms with Gasteiger partial charge in [-0.1, -0.05) is 84.3 Å². The third kappa shape index (κ3) is 1.80. The molecule has 0 N–H and O–H groups in total. The number of hydrogen-bond acceptors (Lipinski definition) is 1. The predicted molar refractivity (Wildman–Crippen MR) is 117 cm³/mol. The molecule has 118 valence electrons. The van der Waals surface area contributed by atoms with Crippen molar-refractivity contribution >= 4 is 77.1 Å².